The molecule has 3 rings (SSSR count). The van der Waals surface area contributed by atoms with Gasteiger partial charge in [-0.05, 0) is 35.1 Å². The number of aliphatic carboxylic acids is 2. The predicted molar refractivity (Wildman–Crippen MR) is 128 cm³/mol. The van der Waals surface area contributed by atoms with Crippen LogP contribution in [0.4, 0.5) is 4.79 Å². The number of carbonyl (C=O) groups excluding carboxylic acids is 1. The van der Waals surface area contributed by atoms with E-state index in [-0.39, 0.29) is 13.2 Å². The fourth-order valence-electron chi connectivity index (χ4n) is 4.52. The van der Waals surface area contributed by atoms with E-state index in [0.29, 0.717) is 5.57 Å². The average molecular weight is 466 g/mol. The van der Waals surface area contributed by atoms with Crippen molar-refractivity contribution in [2.45, 2.75) is 45.3 Å². The molecule has 0 aromatic heterocycles. The van der Waals surface area contributed by atoms with Crippen LogP contribution in [0.2, 0.25) is 0 Å². The van der Waals surface area contributed by atoms with E-state index in [9.17, 15) is 24.6 Å². The second kappa shape index (κ2) is 11.5. The molecule has 0 saturated carbocycles. The number of aryl methyl sites for hydroxylation is 1. The molecule has 34 heavy (non-hydrogen) atoms. The van der Waals surface area contributed by atoms with Crippen molar-refractivity contribution in [1.82, 2.24) is 4.90 Å². The lowest BCUT2D eigenvalue weighted by molar-refractivity contribution is -0.144. The van der Waals surface area contributed by atoms with Crippen LogP contribution in [0, 0.1) is 11.8 Å². The Morgan fingerprint density at radius 3 is 2.29 bits per heavy atom. The van der Waals surface area contributed by atoms with E-state index in [2.05, 4.69) is 13.5 Å². The molecule has 1 aliphatic rings. The summed E-state index contributed by atoms with van der Waals surface area (Å²) in [5, 5.41) is 19.4. The maximum absolute atomic E-state index is 12.9. The summed E-state index contributed by atoms with van der Waals surface area (Å²) < 4.78 is 5.38. The van der Waals surface area contributed by atoms with E-state index in [4.69, 9.17) is 4.74 Å². The summed E-state index contributed by atoms with van der Waals surface area (Å²) in [5.41, 5.74) is 3.40. The van der Waals surface area contributed by atoms with Gasteiger partial charge in [-0.2, -0.15) is 0 Å². The van der Waals surface area contributed by atoms with Gasteiger partial charge in [0.15, 0.2) is 0 Å². The number of amides is 1. The third-order valence-electron chi connectivity index (χ3n) is 6.35. The normalized spacial score (nSPS) is 19.6. The Morgan fingerprint density at radius 1 is 1.03 bits per heavy atom. The van der Waals surface area contributed by atoms with Crippen molar-refractivity contribution >= 4 is 23.6 Å². The van der Waals surface area contributed by atoms with Crippen molar-refractivity contribution in [2.75, 3.05) is 6.54 Å². The number of carboxylic acid groups (broad SMARTS) is 2. The van der Waals surface area contributed by atoms with Crippen molar-refractivity contribution in [1.29, 1.82) is 0 Å². The van der Waals surface area contributed by atoms with Gasteiger partial charge in [0.05, 0.1) is 6.42 Å². The van der Waals surface area contributed by atoms with Gasteiger partial charge in [-0.25, -0.2) is 9.59 Å². The number of hydrogen-bond acceptors (Lipinski definition) is 4. The molecule has 0 spiro atoms. The highest BCUT2D eigenvalue weighted by atomic mass is 16.6. The van der Waals surface area contributed by atoms with Crippen molar-refractivity contribution in [3.63, 3.8) is 0 Å². The summed E-state index contributed by atoms with van der Waals surface area (Å²) in [6.07, 6.45) is 1.98. The van der Waals surface area contributed by atoms with Gasteiger partial charge in [-0.1, -0.05) is 74.5 Å². The SMILES string of the molecule is C=C(c1ccc(CCCC)cc1)[C@H]1CN(C(=O)OCc2ccccc2)[C@H](C(=O)O)[C@H]1CC(=O)O. The largest absolute Gasteiger partial charge is 0.481 e. The topological polar surface area (TPSA) is 104 Å². The zero-order valence-corrected chi connectivity index (χ0v) is 19.4. The highest BCUT2D eigenvalue weighted by Gasteiger charge is 2.50. The minimum Gasteiger partial charge on any atom is -0.481 e. The van der Waals surface area contributed by atoms with Gasteiger partial charge >= 0.3 is 18.0 Å². The molecule has 180 valence electrons. The number of likely N-dealkylation sites (tertiary alicyclic amines) is 1. The van der Waals surface area contributed by atoms with Crippen LogP contribution in [0.3, 0.4) is 0 Å². The van der Waals surface area contributed by atoms with Crippen molar-refractivity contribution in [2.24, 2.45) is 11.8 Å². The van der Waals surface area contributed by atoms with E-state index >= 15 is 0 Å². The molecular formula is C27H31NO6. The number of unbranched alkanes of at least 4 members (excludes halogenated alkanes) is 1. The number of ether oxygens (including phenoxy) is 1. The third kappa shape index (κ3) is 6.04. The molecule has 1 fully saturated rings. The van der Waals surface area contributed by atoms with Crippen LogP contribution >= 0.6 is 0 Å². The first-order valence-corrected chi connectivity index (χ1v) is 11.5. The van der Waals surface area contributed by atoms with Crippen molar-refractivity contribution in [3.8, 4) is 0 Å². The number of benzene rings is 2. The second-order valence-electron chi connectivity index (χ2n) is 8.67. The Bertz CT molecular complexity index is 1020. The van der Waals surface area contributed by atoms with Crippen LogP contribution < -0.4 is 0 Å². The van der Waals surface area contributed by atoms with Gasteiger partial charge < -0.3 is 14.9 Å². The number of rotatable bonds is 10. The summed E-state index contributed by atoms with van der Waals surface area (Å²) >= 11 is 0. The van der Waals surface area contributed by atoms with Gasteiger partial charge in [0.1, 0.15) is 12.6 Å². The zero-order chi connectivity index (χ0) is 24.7. The number of nitrogens with zero attached hydrogens (tertiary/aromatic N) is 1. The molecule has 0 radical (unpaired) electrons. The minimum absolute atomic E-state index is 0.00303. The maximum atomic E-state index is 12.9. The molecule has 0 unspecified atom stereocenters. The van der Waals surface area contributed by atoms with E-state index in [1.165, 1.54) is 5.56 Å². The molecule has 1 amide bonds. The zero-order valence-electron chi connectivity index (χ0n) is 19.4. The van der Waals surface area contributed by atoms with E-state index in [0.717, 1.165) is 35.3 Å². The highest BCUT2D eigenvalue weighted by Crippen LogP contribution is 2.41. The van der Waals surface area contributed by atoms with Crippen LogP contribution in [0.1, 0.15) is 42.9 Å². The lowest BCUT2D eigenvalue weighted by Crippen LogP contribution is -2.44. The van der Waals surface area contributed by atoms with E-state index < -0.39 is 42.3 Å². The molecule has 2 N–H and O–H groups in total. The summed E-state index contributed by atoms with van der Waals surface area (Å²) in [5.74, 6) is -3.73. The molecule has 7 nitrogen and oxygen atoms in total. The van der Waals surface area contributed by atoms with Gasteiger partial charge in [-0.15, -0.1) is 0 Å². The molecule has 1 aliphatic heterocycles. The number of carboxylic acids is 2. The van der Waals surface area contributed by atoms with E-state index in [1.807, 2.05) is 42.5 Å². The van der Waals surface area contributed by atoms with Crippen LogP contribution in [0.5, 0.6) is 0 Å². The van der Waals surface area contributed by atoms with Gasteiger partial charge in [0.2, 0.25) is 0 Å². The smallest absolute Gasteiger partial charge is 0.410 e. The fourth-order valence-corrected chi connectivity index (χ4v) is 4.52. The Hall–Kier alpha value is -3.61. The molecule has 1 heterocycles. The summed E-state index contributed by atoms with van der Waals surface area (Å²) in [6, 6.07) is 15.6. The molecular weight excluding hydrogens is 434 g/mol. The first-order valence-electron chi connectivity index (χ1n) is 11.5. The molecule has 7 heteroatoms. The van der Waals surface area contributed by atoms with Crippen molar-refractivity contribution in [3.05, 3.63) is 77.9 Å². The Labute approximate surface area is 199 Å². The molecule has 0 bridgehead atoms. The fraction of sp³-hybridized carbons (Fsp3) is 0.370. The van der Waals surface area contributed by atoms with Crippen LogP contribution in [0.25, 0.3) is 5.57 Å². The quantitative estimate of drug-likeness (QED) is 0.520. The molecule has 1 saturated heterocycles. The van der Waals surface area contributed by atoms with Crippen LogP contribution in [0.15, 0.2) is 61.2 Å². The number of carbonyl (C=O) groups is 3. The van der Waals surface area contributed by atoms with Gasteiger partial charge in [-0.3, -0.25) is 9.69 Å². The second-order valence-corrected chi connectivity index (χ2v) is 8.67. The molecule has 2 aromatic rings. The standard InChI is InChI=1S/C27H31NO6/c1-3-4-8-19-11-13-21(14-12-19)18(2)23-16-28(25(26(31)32)22(23)15-24(29)30)27(33)34-17-20-9-6-5-7-10-20/h5-7,9-14,22-23,25H,2-4,8,15-17H2,1H3,(H,29,30)(H,31,32)/t22-,23+,25-/m0/s1. The number of hydrogen-bond donors (Lipinski definition) is 2. The minimum atomic E-state index is -1.31. The predicted octanol–water partition coefficient (Wildman–Crippen LogP) is 4.86. The first-order chi connectivity index (χ1) is 16.3. The molecule has 0 aliphatic carbocycles. The Balaban J connectivity index is 1.82. The third-order valence-corrected chi connectivity index (χ3v) is 6.35. The Morgan fingerprint density at radius 2 is 1.71 bits per heavy atom. The average Bonchev–Trinajstić information content (AvgIpc) is 3.20. The summed E-state index contributed by atoms with van der Waals surface area (Å²) in [6.45, 7) is 6.33. The van der Waals surface area contributed by atoms with Gasteiger partial charge in [0.25, 0.3) is 0 Å². The first kappa shape index (κ1) is 25.0. The van der Waals surface area contributed by atoms with E-state index in [1.54, 1.807) is 12.1 Å². The van der Waals surface area contributed by atoms with Crippen molar-refractivity contribution < 1.29 is 29.3 Å². The lowest BCUT2D eigenvalue weighted by atomic mass is 9.80. The monoisotopic (exact) mass is 465 g/mol. The van der Waals surface area contributed by atoms with Gasteiger partial charge in [0, 0.05) is 18.4 Å². The Kier molecular flexibility index (Phi) is 8.46. The van der Waals surface area contributed by atoms with Crippen LogP contribution in [-0.2, 0) is 27.4 Å². The summed E-state index contributed by atoms with van der Waals surface area (Å²) in [7, 11) is 0. The molecule has 3 atom stereocenters. The maximum Gasteiger partial charge on any atom is 0.410 e. The highest BCUT2D eigenvalue weighted by molar-refractivity contribution is 5.84. The van der Waals surface area contributed by atoms with Crippen LogP contribution in [-0.4, -0.2) is 45.7 Å². The lowest BCUT2D eigenvalue weighted by Gasteiger charge is -2.24. The summed E-state index contributed by atoms with van der Waals surface area (Å²) in [4.78, 5) is 37.8. The molecule has 2 aromatic carbocycles.